The van der Waals surface area contributed by atoms with E-state index in [1.807, 2.05) is 0 Å². The normalized spacial score (nSPS) is 14.8. The maximum atomic E-state index is 2.45. The van der Waals surface area contributed by atoms with Crippen molar-refractivity contribution in [3.05, 3.63) is 0 Å². The second kappa shape index (κ2) is 6.48. The molecule has 0 aliphatic carbocycles. The van der Waals surface area contributed by atoms with Gasteiger partial charge >= 0.3 is 0 Å². The van der Waals surface area contributed by atoms with Crippen LogP contribution < -0.4 is 0 Å². The summed E-state index contributed by atoms with van der Waals surface area (Å²) in [7, 11) is 0. The highest BCUT2D eigenvalue weighted by molar-refractivity contribution is 4.77. The van der Waals surface area contributed by atoms with Crippen molar-refractivity contribution in [3.8, 4) is 0 Å². The summed E-state index contributed by atoms with van der Waals surface area (Å²) in [5.74, 6) is 1.80. The Morgan fingerprint density at radius 3 is 1.86 bits per heavy atom. The van der Waals surface area contributed by atoms with Gasteiger partial charge in [-0.3, -0.25) is 0 Å². The lowest BCUT2D eigenvalue weighted by molar-refractivity contribution is 0.160. The van der Waals surface area contributed by atoms with E-state index in [0.29, 0.717) is 5.41 Å². The number of rotatable bonds is 7. The summed E-state index contributed by atoms with van der Waals surface area (Å²) in [5, 5.41) is 0. The third-order valence-electron chi connectivity index (χ3n) is 4.03. The Morgan fingerprint density at radius 2 is 1.50 bits per heavy atom. The molecule has 0 saturated heterocycles. The van der Waals surface area contributed by atoms with Gasteiger partial charge in [0.05, 0.1) is 0 Å². The minimum absolute atomic E-state index is 0.534. The van der Waals surface area contributed by atoms with E-state index in [9.17, 15) is 0 Å². The van der Waals surface area contributed by atoms with Crippen molar-refractivity contribution in [2.45, 2.75) is 73.6 Å². The summed E-state index contributed by atoms with van der Waals surface area (Å²) in [4.78, 5) is 0. The Hall–Kier alpha value is 0. The van der Waals surface area contributed by atoms with Crippen molar-refractivity contribution in [1.82, 2.24) is 0 Å². The van der Waals surface area contributed by atoms with Crippen LogP contribution in [0.5, 0.6) is 0 Å². The third kappa shape index (κ3) is 4.48. The lowest BCUT2D eigenvalue weighted by Crippen LogP contribution is -2.24. The van der Waals surface area contributed by atoms with E-state index >= 15 is 0 Å². The number of hydrogen-bond donors (Lipinski definition) is 0. The van der Waals surface area contributed by atoms with E-state index in [0.717, 1.165) is 11.8 Å². The minimum Gasteiger partial charge on any atom is -0.0654 e. The predicted molar refractivity (Wildman–Crippen MR) is 66.5 cm³/mol. The molecule has 0 aliphatic rings. The first-order chi connectivity index (χ1) is 6.47. The molecule has 0 fully saturated rings. The quantitative estimate of drug-likeness (QED) is 0.522. The van der Waals surface area contributed by atoms with Crippen molar-refractivity contribution >= 4 is 0 Å². The molecule has 14 heavy (non-hydrogen) atoms. The molecule has 86 valence electrons. The van der Waals surface area contributed by atoms with Crippen LogP contribution in [0.3, 0.4) is 0 Å². The molecule has 1 atom stereocenters. The standard InChI is InChI=1S/C14H30/c1-7-10-12(4)14(5,6)11-13(8-2)9-3/h12-13H,7-11H2,1-6H3. The average molecular weight is 198 g/mol. The van der Waals surface area contributed by atoms with Crippen LogP contribution in [-0.2, 0) is 0 Å². The molecule has 0 nitrogen and oxygen atoms in total. The largest absolute Gasteiger partial charge is 0.0654 e. The molecule has 0 bridgehead atoms. The van der Waals surface area contributed by atoms with Gasteiger partial charge in [-0.25, -0.2) is 0 Å². The molecule has 0 spiro atoms. The molecule has 0 aromatic carbocycles. The molecule has 0 radical (unpaired) electrons. The van der Waals surface area contributed by atoms with Crippen LogP contribution in [0.25, 0.3) is 0 Å². The van der Waals surface area contributed by atoms with E-state index < -0.39 is 0 Å². The van der Waals surface area contributed by atoms with Crippen molar-refractivity contribution in [1.29, 1.82) is 0 Å². The zero-order chi connectivity index (χ0) is 11.2. The van der Waals surface area contributed by atoms with Gasteiger partial charge in [0.25, 0.3) is 0 Å². The average Bonchev–Trinajstić information content (AvgIpc) is 2.14. The summed E-state index contributed by atoms with van der Waals surface area (Å²) in [6.45, 7) is 14.3. The Labute approximate surface area is 91.5 Å². The van der Waals surface area contributed by atoms with E-state index in [4.69, 9.17) is 0 Å². The van der Waals surface area contributed by atoms with Crippen molar-refractivity contribution in [2.75, 3.05) is 0 Å². The van der Waals surface area contributed by atoms with Gasteiger partial charge in [0.15, 0.2) is 0 Å². The van der Waals surface area contributed by atoms with E-state index in [1.54, 1.807) is 0 Å². The second-order valence-electron chi connectivity index (χ2n) is 5.56. The van der Waals surface area contributed by atoms with Crippen LogP contribution in [0.4, 0.5) is 0 Å². The maximum Gasteiger partial charge on any atom is -0.0326 e. The molecule has 0 saturated carbocycles. The van der Waals surface area contributed by atoms with E-state index in [2.05, 4.69) is 41.5 Å². The Morgan fingerprint density at radius 1 is 1.00 bits per heavy atom. The highest BCUT2D eigenvalue weighted by Gasteiger charge is 2.27. The van der Waals surface area contributed by atoms with Gasteiger partial charge in [-0.15, -0.1) is 0 Å². The topological polar surface area (TPSA) is 0 Å². The fraction of sp³-hybridized carbons (Fsp3) is 1.00. The van der Waals surface area contributed by atoms with Crippen molar-refractivity contribution in [3.63, 3.8) is 0 Å². The molecule has 0 rings (SSSR count). The van der Waals surface area contributed by atoms with Crippen LogP contribution in [0.15, 0.2) is 0 Å². The zero-order valence-corrected chi connectivity index (χ0v) is 11.2. The molecule has 0 amide bonds. The van der Waals surface area contributed by atoms with Gasteiger partial charge < -0.3 is 0 Å². The molecule has 0 heteroatoms. The van der Waals surface area contributed by atoms with Crippen molar-refractivity contribution in [2.24, 2.45) is 17.3 Å². The predicted octanol–water partition coefficient (Wildman–Crippen LogP) is 5.28. The van der Waals surface area contributed by atoms with E-state index in [1.165, 1.54) is 32.1 Å². The first-order valence-corrected chi connectivity index (χ1v) is 6.47. The van der Waals surface area contributed by atoms with Gasteiger partial charge in [-0.1, -0.05) is 67.2 Å². The van der Waals surface area contributed by atoms with Gasteiger partial charge in [0, 0.05) is 0 Å². The monoisotopic (exact) mass is 198 g/mol. The SMILES string of the molecule is CCCC(C)C(C)(C)CC(CC)CC. The molecular weight excluding hydrogens is 168 g/mol. The van der Waals surface area contributed by atoms with E-state index in [-0.39, 0.29) is 0 Å². The highest BCUT2D eigenvalue weighted by atomic mass is 14.3. The summed E-state index contributed by atoms with van der Waals surface area (Å²) in [6.07, 6.45) is 6.80. The molecule has 0 aliphatic heterocycles. The molecule has 0 aromatic rings. The van der Waals surface area contributed by atoms with Crippen LogP contribution >= 0.6 is 0 Å². The summed E-state index contributed by atoms with van der Waals surface area (Å²) >= 11 is 0. The Balaban J connectivity index is 4.15. The minimum atomic E-state index is 0.534. The smallest absolute Gasteiger partial charge is 0.0326 e. The Kier molecular flexibility index (Phi) is 6.48. The first-order valence-electron chi connectivity index (χ1n) is 6.47. The van der Waals surface area contributed by atoms with Gasteiger partial charge in [0.2, 0.25) is 0 Å². The summed E-state index contributed by atoms with van der Waals surface area (Å²) < 4.78 is 0. The molecule has 1 unspecified atom stereocenters. The summed E-state index contributed by atoms with van der Waals surface area (Å²) in [5.41, 5.74) is 0.534. The Bertz CT molecular complexity index is 131. The second-order valence-corrected chi connectivity index (χ2v) is 5.56. The fourth-order valence-electron chi connectivity index (χ4n) is 2.35. The molecule has 0 N–H and O–H groups in total. The van der Waals surface area contributed by atoms with Crippen LogP contribution in [0.1, 0.15) is 73.6 Å². The maximum absolute atomic E-state index is 2.45. The number of hydrogen-bond acceptors (Lipinski definition) is 0. The van der Waals surface area contributed by atoms with Crippen LogP contribution in [-0.4, -0.2) is 0 Å². The highest BCUT2D eigenvalue weighted by Crippen LogP contribution is 2.37. The van der Waals surface area contributed by atoms with Crippen molar-refractivity contribution < 1.29 is 0 Å². The molecular formula is C14H30. The molecule has 0 heterocycles. The third-order valence-corrected chi connectivity index (χ3v) is 4.03. The first kappa shape index (κ1) is 14.0. The zero-order valence-electron chi connectivity index (χ0n) is 11.2. The van der Waals surface area contributed by atoms with Crippen LogP contribution in [0, 0.1) is 17.3 Å². The molecule has 0 aromatic heterocycles. The van der Waals surface area contributed by atoms with Crippen LogP contribution in [0.2, 0.25) is 0 Å². The van der Waals surface area contributed by atoms with Gasteiger partial charge in [-0.2, -0.15) is 0 Å². The lowest BCUT2D eigenvalue weighted by atomic mass is 9.71. The lowest BCUT2D eigenvalue weighted by Gasteiger charge is -2.35. The fourth-order valence-corrected chi connectivity index (χ4v) is 2.35. The van der Waals surface area contributed by atoms with Gasteiger partial charge in [-0.05, 0) is 23.7 Å². The van der Waals surface area contributed by atoms with Gasteiger partial charge in [0.1, 0.15) is 0 Å². The summed E-state index contributed by atoms with van der Waals surface area (Å²) in [6, 6.07) is 0.